The van der Waals surface area contributed by atoms with Gasteiger partial charge in [0, 0.05) is 27.1 Å². The number of hydrogen-bond acceptors (Lipinski definition) is 8. The maximum Gasteiger partial charge on any atom is 0.260 e. The number of anilines is 2. The largest absolute Gasteiger partial charge is 0.508 e. The number of ketones is 1. The van der Waals surface area contributed by atoms with Crippen molar-refractivity contribution in [2.24, 2.45) is 23.7 Å². The zero-order valence-electron chi connectivity index (χ0n) is 28.9. The Hall–Kier alpha value is -5.16. The average molecular weight is 785 g/mol. The maximum atomic E-state index is 15.4. The van der Waals surface area contributed by atoms with Gasteiger partial charge in [0.2, 0.25) is 11.8 Å². The van der Waals surface area contributed by atoms with E-state index in [1.807, 2.05) is 6.08 Å². The van der Waals surface area contributed by atoms with Crippen molar-refractivity contribution < 1.29 is 33.8 Å². The normalized spacial score (nSPS) is 25.9. The lowest BCUT2D eigenvalue weighted by Gasteiger charge is -2.50. The highest BCUT2D eigenvalue weighted by Crippen LogP contribution is 2.65. The number of benzene rings is 4. The lowest BCUT2D eigenvalue weighted by Crippen LogP contribution is -2.53. The van der Waals surface area contributed by atoms with Gasteiger partial charge in [-0.15, -0.1) is 0 Å². The molecule has 1 saturated carbocycles. The third-order valence-electron chi connectivity index (χ3n) is 11.4. The first-order chi connectivity index (χ1) is 25.9. The number of phenolic OH excluding ortho intramolecular Hbond substituents is 1. The second-order valence-electron chi connectivity index (χ2n) is 14.0. The first-order valence-corrected chi connectivity index (χ1v) is 18.4. The van der Waals surface area contributed by atoms with Crippen LogP contribution in [0, 0.1) is 23.7 Å². The molecule has 0 bridgehead atoms. The number of carbonyl (C=O) groups is 5. The number of rotatable bonds is 7. The molecule has 8 rings (SSSR count). The molecule has 4 aliphatic rings. The lowest BCUT2D eigenvalue weighted by molar-refractivity contribution is -0.138. The van der Waals surface area contributed by atoms with Gasteiger partial charge in [-0.2, -0.15) is 5.01 Å². The first-order valence-electron chi connectivity index (χ1n) is 17.3. The first kappa shape index (κ1) is 35.8. The Balaban J connectivity index is 1.32. The minimum absolute atomic E-state index is 0.0318. The third kappa shape index (κ3) is 5.33. The number of imide groups is 2. The minimum Gasteiger partial charge on any atom is -0.508 e. The van der Waals surface area contributed by atoms with E-state index in [4.69, 9.17) is 39.5 Å². The van der Waals surface area contributed by atoms with Crippen molar-refractivity contribution in [3.8, 4) is 11.5 Å². The van der Waals surface area contributed by atoms with E-state index in [9.17, 15) is 24.3 Å². The molecular formula is C41H32Cl3N3O7. The second-order valence-corrected chi connectivity index (χ2v) is 15.3. The molecule has 54 heavy (non-hydrogen) atoms. The molecular weight excluding hydrogens is 753 g/mol. The third-order valence-corrected chi connectivity index (χ3v) is 12.2. The highest BCUT2D eigenvalue weighted by Gasteiger charge is 2.70. The summed E-state index contributed by atoms with van der Waals surface area (Å²) in [7, 11) is 1.52. The topological polar surface area (TPSA) is 133 Å². The average Bonchev–Trinajstić information content (AvgIpc) is 3.54. The number of Topliss-reactive ketones (excluding diaryl/α,β-unsaturated/α-hetero) is 1. The van der Waals surface area contributed by atoms with Crippen LogP contribution in [0.25, 0.3) is 0 Å². The van der Waals surface area contributed by atoms with Crippen molar-refractivity contribution in [1.29, 1.82) is 0 Å². The molecule has 0 radical (unpaired) electrons. The summed E-state index contributed by atoms with van der Waals surface area (Å²) in [5.74, 6) is -6.21. The van der Waals surface area contributed by atoms with Gasteiger partial charge < -0.3 is 9.84 Å². The number of amides is 4. The standard InChI is InChI=1S/C41H32Cl3N3O7/c1-20(48)21-3-9-25(10-4-21)46-37(50)28-14-13-27-29(35(28)39(46)52)19-31-38(51)47(45-33-15-7-24(43)18-32(33)44)40(53)41(31,22-5-11-26(54-2)12-6-22)36(27)30-17-23(42)8-16-34(30)49/h3-13,15-18,28-29,31,35-36,45,49H,14,19H2,1-2H3/t28-,29+,31-,35-,36+,41+/m0/s1. The zero-order chi connectivity index (χ0) is 38.2. The van der Waals surface area contributed by atoms with E-state index in [0.29, 0.717) is 38.7 Å². The Morgan fingerprint density at radius 1 is 0.852 bits per heavy atom. The molecule has 2 heterocycles. The minimum atomic E-state index is -1.67. The lowest BCUT2D eigenvalue weighted by atomic mass is 9.49. The zero-order valence-corrected chi connectivity index (χ0v) is 31.2. The summed E-state index contributed by atoms with van der Waals surface area (Å²) in [6.07, 6.45) is 2.09. The molecule has 2 aliphatic heterocycles. The quantitative estimate of drug-likeness (QED) is 0.111. The number of halogens is 3. The summed E-state index contributed by atoms with van der Waals surface area (Å²) in [5, 5.41) is 13.3. The van der Waals surface area contributed by atoms with E-state index in [1.165, 1.54) is 32.2 Å². The van der Waals surface area contributed by atoms with Crippen molar-refractivity contribution in [2.45, 2.75) is 31.1 Å². The van der Waals surface area contributed by atoms with Crippen LogP contribution >= 0.6 is 34.8 Å². The van der Waals surface area contributed by atoms with Crippen molar-refractivity contribution >= 4 is 75.6 Å². The molecule has 2 aliphatic carbocycles. The molecule has 0 spiro atoms. The highest BCUT2D eigenvalue weighted by molar-refractivity contribution is 6.36. The van der Waals surface area contributed by atoms with Crippen LogP contribution in [0.4, 0.5) is 11.4 Å². The van der Waals surface area contributed by atoms with E-state index in [1.54, 1.807) is 66.7 Å². The van der Waals surface area contributed by atoms with Gasteiger partial charge in [-0.1, -0.05) is 58.6 Å². The number of allylic oxidation sites excluding steroid dienone is 2. The molecule has 2 N–H and O–H groups in total. The number of ether oxygens (including phenoxy) is 1. The molecule has 0 unspecified atom stereocenters. The number of nitrogens with one attached hydrogen (secondary N) is 1. The fourth-order valence-electron chi connectivity index (χ4n) is 9.04. The maximum absolute atomic E-state index is 15.4. The molecule has 274 valence electrons. The van der Waals surface area contributed by atoms with Crippen LogP contribution in [0.2, 0.25) is 15.1 Å². The summed E-state index contributed by atoms with van der Waals surface area (Å²) in [4.78, 5) is 72.0. The number of nitrogens with zero attached hydrogens (tertiary/aromatic N) is 2. The Morgan fingerprint density at radius 2 is 1.54 bits per heavy atom. The SMILES string of the molecule is COc1ccc([C@@]23C(=O)N(Nc4ccc(Cl)cc4Cl)C(=O)[C@@H]2C[C@@H]2C(=CC[C@@H]4C(=O)N(c5ccc(C(C)=O)cc5)C(=O)[C@@H]42)[C@@H]3c2cc(Cl)ccc2O)cc1. The van der Waals surface area contributed by atoms with Gasteiger partial charge in [-0.05, 0) is 104 Å². The summed E-state index contributed by atoms with van der Waals surface area (Å²) >= 11 is 19.3. The number of hydrogen-bond donors (Lipinski definition) is 2. The van der Waals surface area contributed by atoms with Gasteiger partial charge in [0.1, 0.15) is 11.5 Å². The van der Waals surface area contributed by atoms with Crippen molar-refractivity contribution in [3.63, 3.8) is 0 Å². The molecule has 4 aromatic carbocycles. The summed E-state index contributed by atoms with van der Waals surface area (Å²) in [5.41, 5.74) is 3.72. The van der Waals surface area contributed by atoms with Crippen LogP contribution in [0.5, 0.6) is 11.5 Å². The number of phenols is 1. The van der Waals surface area contributed by atoms with Gasteiger partial charge in [0.25, 0.3) is 11.8 Å². The van der Waals surface area contributed by atoms with Crippen molar-refractivity contribution in [2.75, 3.05) is 17.4 Å². The number of carbonyl (C=O) groups excluding carboxylic acids is 5. The number of hydrazine groups is 1. The summed E-state index contributed by atoms with van der Waals surface area (Å²) < 4.78 is 5.44. The number of methoxy groups -OCH3 is 1. The Kier molecular flexibility index (Phi) is 8.83. The van der Waals surface area contributed by atoms with Gasteiger partial charge in [-0.3, -0.25) is 34.3 Å². The molecule has 3 fully saturated rings. The Labute approximate surface area is 325 Å². The smallest absolute Gasteiger partial charge is 0.260 e. The fraction of sp³-hybridized carbons (Fsp3) is 0.244. The molecule has 10 nitrogen and oxygen atoms in total. The predicted molar refractivity (Wildman–Crippen MR) is 203 cm³/mol. The van der Waals surface area contributed by atoms with Crippen molar-refractivity contribution in [1.82, 2.24) is 5.01 Å². The van der Waals surface area contributed by atoms with Crippen LogP contribution < -0.4 is 15.1 Å². The van der Waals surface area contributed by atoms with Gasteiger partial charge >= 0.3 is 0 Å². The molecule has 4 aromatic rings. The number of aromatic hydroxyl groups is 1. The van der Waals surface area contributed by atoms with E-state index >= 15 is 4.79 Å². The Morgan fingerprint density at radius 3 is 2.20 bits per heavy atom. The van der Waals surface area contributed by atoms with Crippen LogP contribution in [0.1, 0.15) is 47.2 Å². The predicted octanol–water partition coefficient (Wildman–Crippen LogP) is 7.75. The highest BCUT2D eigenvalue weighted by atomic mass is 35.5. The summed E-state index contributed by atoms with van der Waals surface area (Å²) in [6, 6.07) is 22.3. The van der Waals surface area contributed by atoms with Gasteiger partial charge in [0.05, 0.1) is 46.7 Å². The molecule has 4 amide bonds. The van der Waals surface area contributed by atoms with E-state index in [0.717, 1.165) is 9.91 Å². The summed E-state index contributed by atoms with van der Waals surface area (Å²) in [6.45, 7) is 1.43. The Bertz CT molecular complexity index is 2310. The molecule has 0 aromatic heterocycles. The van der Waals surface area contributed by atoms with Crippen LogP contribution in [-0.4, -0.2) is 46.6 Å². The second kappa shape index (κ2) is 13.3. The monoisotopic (exact) mass is 783 g/mol. The van der Waals surface area contributed by atoms with Crippen molar-refractivity contribution in [3.05, 3.63) is 128 Å². The fourth-order valence-corrected chi connectivity index (χ4v) is 9.68. The van der Waals surface area contributed by atoms with E-state index < -0.39 is 52.7 Å². The number of fused-ring (bicyclic) bond motifs is 4. The molecule has 13 heteroatoms. The van der Waals surface area contributed by atoms with Crippen LogP contribution in [0.3, 0.4) is 0 Å². The molecule has 6 atom stereocenters. The van der Waals surface area contributed by atoms with Gasteiger partial charge in [0.15, 0.2) is 5.78 Å². The van der Waals surface area contributed by atoms with Gasteiger partial charge in [-0.25, -0.2) is 0 Å². The molecule has 2 saturated heterocycles. The van der Waals surface area contributed by atoms with E-state index in [2.05, 4.69) is 5.43 Å². The van der Waals surface area contributed by atoms with E-state index in [-0.39, 0.29) is 46.0 Å². The van der Waals surface area contributed by atoms with Crippen LogP contribution in [-0.2, 0) is 24.6 Å². The van der Waals surface area contributed by atoms with Crippen LogP contribution in [0.15, 0.2) is 96.6 Å².